The fraction of sp³-hybridized carbons (Fsp3) is 0.263. The molecule has 1 saturated carbocycles. The van der Waals surface area contributed by atoms with Gasteiger partial charge in [0.25, 0.3) is 5.91 Å². The normalized spacial score (nSPS) is 14.4. The highest BCUT2D eigenvalue weighted by atomic mass is 79.9. The minimum absolute atomic E-state index is 0.318. The molecule has 7 nitrogen and oxygen atoms in total. The summed E-state index contributed by atoms with van der Waals surface area (Å²) in [6.07, 6.45) is 3.29. The van der Waals surface area contributed by atoms with E-state index in [1.807, 2.05) is 42.5 Å². The van der Waals surface area contributed by atoms with Crippen LogP contribution in [0.1, 0.15) is 34.8 Å². The van der Waals surface area contributed by atoms with Gasteiger partial charge in [-0.05, 0) is 60.7 Å². The zero-order valence-electron chi connectivity index (χ0n) is 15.4. The van der Waals surface area contributed by atoms with Crippen LogP contribution >= 0.6 is 15.9 Å². The Morgan fingerprint density at radius 2 is 1.89 bits per heavy atom. The number of nitrogens with zero attached hydrogens (tertiary/aromatic N) is 3. The number of hydrogen-bond acceptors (Lipinski definition) is 4. The highest BCUT2D eigenvalue weighted by Crippen LogP contribution is 2.41. The van der Waals surface area contributed by atoms with E-state index in [1.54, 1.807) is 4.68 Å². The second kappa shape index (κ2) is 6.98. The molecule has 4 rings (SSSR count). The van der Waals surface area contributed by atoms with Gasteiger partial charge in [-0.2, -0.15) is 5.10 Å². The SMILES string of the molecule is CN(NS(C)(=O)=O)C(=O)c1c2cc(C3CC3)ccc2nn1-c1ccc(Br)cc1. The van der Waals surface area contributed by atoms with Crippen LogP contribution in [0, 0.1) is 0 Å². The largest absolute Gasteiger partial charge is 0.287 e. The van der Waals surface area contributed by atoms with Crippen molar-refractivity contribution < 1.29 is 13.2 Å². The number of hydrazine groups is 1. The van der Waals surface area contributed by atoms with E-state index < -0.39 is 15.9 Å². The Hall–Kier alpha value is -2.23. The Bertz CT molecular complexity index is 1170. The van der Waals surface area contributed by atoms with Crippen LogP contribution in [0.15, 0.2) is 46.9 Å². The minimum Gasteiger partial charge on any atom is -0.266 e. The molecule has 0 saturated heterocycles. The molecule has 0 radical (unpaired) electrons. The molecule has 28 heavy (non-hydrogen) atoms. The third-order valence-electron chi connectivity index (χ3n) is 4.63. The van der Waals surface area contributed by atoms with Gasteiger partial charge in [0.1, 0.15) is 5.69 Å². The first kappa shape index (κ1) is 19.1. The zero-order chi connectivity index (χ0) is 20.1. The summed E-state index contributed by atoms with van der Waals surface area (Å²) in [5.41, 5.74) is 2.89. The summed E-state index contributed by atoms with van der Waals surface area (Å²) < 4.78 is 25.7. The van der Waals surface area contributed by atoms with E-state index in [0.717, 1.165) is 28.6 Å². The summed E-state index contributed by atoms with van der Waals surface area (Å²) in [6.45, 7) is 0. The van der Waals surface area contributed by atoms with Crippen molar-refractivity contribution in [2.24, 2.45) is 0 Å². The lowest BCUT2D eigenvalue weighted by molar-refractivity contribution is 0.0757. The van der Waals surface area contributed by atoms with Gasteiger partial charge in [0.15, 0.2) is 0 Å². The van der Waals surface area contributed by atoms with Gasteiger partial charge in [-0.15, -0.1) is 4.83 Å². The molecule has 146 valence electrons. The minimum atomic E-state index is -3.59. The van der Waals surface area contributed by atoms with Crippen molar-refractivity contribution in [3.05, 3.63) is 58.2 Å². The van der Waals surface area contributed by atoms with Crippen LogP contribution in [0.4, 0.5) is 0 Å². The van der Waals surface area contributed by atoms with Crippen molar-refractivity contribution in [1.82, 2.24) is 19.6 Å². The molecule has 1 heterocycles. The lowest BCUT2D eigenvalue weighted by atomic mass is 10.1. The predicted octanol–water partition coefficient (Wildman–Crippen LogP) is 3.20. The number of rotatable bonds is 5. The first-order chi connectivity index (χ1) is 13.2. The molecule has 0 aliphatic heterocycles. The molecule has 1 aliphatic carbocycles. The second-order valence-corrected chi connectivity index (χ2v) is 9.66. The lowest BCUT2D eigenvalue weighted by Gasteiger charge is -2.18. The highest BCUT2D eigenvalue weighted by Gasteiger charge is 2.28. The number of benzene rings is 2. The number of amides is 1. The zero-order valence-corrected chi connectivity index (χ0v) is 17.8. The molecule has 1 aliphatic rings. The molecule has 9 heteroatoms. The van der Waals surface area contributed by atoms with Crippen LogP contribution < -0.4 is 4.83 Å². The van der Waals surface area contributed by atoms with Gasteiger partial charge in [0, 0.05) is 16.9 Å². The number of carbonyl (C=O) groups excluding carboxylic acids is 1. The number of sulfonamides is 1. The van der Waals surface area contributed by atoms with E-state index in [0.29, 0.717) is 28.2 Å². The number of aromatic nitrogens is 2. The standard InChI is InChI=1S/C19H19BrN4O3S/c1-23(22-28(2,26)27)19(25)18-16-11-13(12-3-4-12)5-10-17(16)21-24(18)15-8-6-14(20)7-9-15/h5-12,22H,3-4H2,1-2H3. The maximum Gasteiger partial charge on any atom is 0.287 e. The quantitative estimate of drug-likeness (QED) is 0.589. The van der Waals surface area contributed by atoms with Crippen molar-refractivity contribution in [2.45, 2.75) is 18.8 Å². The Labute approximate surface area is 171 Å². The van der Waals surface area contributed by atoms with Crippen LogP contribution in [0.3, 0.4) is 0 Å². The first-order valence-corrected chi connectivity index (χ1v) is 11.5. The second-order valence-electron chi connectivity index (χ2n) is 7.02. The van der Waals surface area contributed by atoms with Gasteiger partial charge < -0.3 is 0 Å². The Morgan fingerprint density at radius 3 is 2.50 bits per heavy atom. The smallest absolute Gasteiger partial charge is 0.266 e. The van der Waals surface area contributed by atoms with Gasteiger partial charge in [-0.3, -0.25) is 9.80 Å². The number of fused-ring (bicyclic) bond motifs is 1. The predicted molar refractivity (Wildman–Crippen MR) is 111 cm³/mol. The van der Waals surface area contributed by atoms with Crippen LogP contribution in [0.2, 0.25) is 0 Å². The van der Waals surface area contributed by atoms with Crippen molar-refractivity contribution in [1.29, 1.82) is 0 Å². The molecule has 1 amide bonds. The number of nitrogens with one attached hydrogen (secondary N) is 1. The first-order valence-electron chi connectivity index (χ1n) is 8.77. The summed E-state index contributed by atoms with van der Waals surface area (Å²) in [5, 5.41) is 6.29. The topological polar surface area (TPSA) is 84.3 Å². The van der Waals surface area contributed by atoms with Crippen molar-refractivity contribution in [3.8, 4) is 5.69 Å². The van der Waals surface area contributed by atoms with Gasteiger partial charge in [0.05, 0.1) is 17.5 Å². The van der Waals surface area contributed by atoms with E-state index in [1.165, 1.54) is 12.6 Å². The Kier molecular flexibility index (Phi) is 4.76. The molecule has 1 N–H and O–H groups in total. The van der Waals surface area contributed by atoms with Crippen LogP contribution in [-0.2, 0) is 10.0 Å². The monoisotopic (exact) mass is 462 g/mol. The molecule has 1 fully saturated rings. The number of hydrogen-bond donors (Lipinski definition) is 1. The Morgan fingerprint density at radius 1 is 1.21 bits per heavy atom. The molecule has 2 aromatic carbocycles. The van der Waals surface area contributed by atoms with E-state index in [9.17, 15) is 13.2 Å². The van der Waals surface area contributed by atoms with Gasteiger partial charge in [0.2, 0.25) is 10.0 Å². The van der Waals surface area contributed by atoms with Gasteiger partial charge >= 0.3 is 0 Å². The summed E-state index contributed by atoms with van der Waals surface area (Å²) >= 11 is 3.41. The maximum atomic E-state index is 13.2. The van der Waals surface area contributed by atoms with Crippen molar-refractivity contribution in [2.75, 3.05) is 13.3 Å². The molecule has 3 aromatic rings. The summed E-state index contributed by atoms with van der Waals surface area (Å²) in [4.78, 5) is 15.4. The van der Waals surface area contributed by atoms with E-state index in [4.69, 9.17) is 0 Å². The number of halogens is 1. The fourth-order valence-corrected chi connectivity index (χ4v) is 4.04. The van der Waals surface area contributed by atoms with Crippen molar-refractivity contribution in [3.63, 3.8) is 0 Å². The lowest BCUT2D eigenvalue weighted by Crippen LogP contribution is -2.43. The van der Waals surface area contributed by atoms with Gasteiger partial charge in [-0.25, -0.2) is 13.1 Å². The molecule has 0 atom stereocenters. The highest BCUT2D eigenvalue weighted by molar-refractivity contribution is 9.10. The number of carbonyl (C=O) groups is 1. The average Bonchev–Trinajstić information content (AvgIpc) is 3.40. The molecular formula is C19H19BrN4O3S. The van der Waals surface area contributed by atoms with E-state index in [-0.39, 0.29) is 0 Å². The fourth-order valence-electron chi connectivity index (χ4n) is 3.20. The summed E-state index contributed by atoms with van der Waals surface area (Å²) in [5.74, 6) is 0.0408. The maximum absolute atomic E-state index is 13.2. The molecular weight excluding hydrogens is 444 g/mol. The van der Waals surface area contributed by atoms with Crippen molar-refractivity contribution >= 4 is 42.8 Å². The van der Waals surface area contributed by atoms with Crippen LogP contribution in [0.5, 0.6) is 0 Å². The van der Waals surface area contributed by atoms with Crippen LogP contribution in [-0.4, -0.2) is 42.4 Å². The third kappa shape index (κ3) is 3.82. The molecule has 1 aromatic heterocycles. The molecule has 0 bridgehead atoms. The van der Waals surface area contributed by atoms with Gasteiger partial charge in [-0.1, -0.05) is 22.0 Å². The molecule has 0 spiro atoms. The molecule has 0 unspecified atom stereocenters. The van der Waals surface area contributed by atoms with E-state index >= 15 is 0 Å². The average molecular weight is 463 g/mol. The van der Waals surface area contributed by atoms with E-state index in [2.05, 4.69) is 25.9 Å². The summed E-state index contributed by atoms with van der Waals surface area (Å²) in [7, 11) is -2.20. The third-order valence-corrected chi connectivity index (χ3v) is 5.76. The summed E-state index contributed by atoms with van der Waals surface area (Å²) in [6, 6.07) is 13.4. The van der Waals surface area contributed by atoms with Crippen LogP contribution in [0.25, 0.3) is 16.6 Å². The Balaban J connectivity index is 1.88.